The second kappa shape index (κ2) is 4.45. The third kappa shape index (κ3) is 2.13. The van der Waals surface area contributed by atoms with Gasteiger partial charge >= 0.3 is 0 Å². The summed E-state index contributed by atoms with van der Waals surface area (Å²) in [4.78, 5) is 0. The van der Waals surface area contributed by atoms with Crippen LogP contribution in [0, 0.1) is 11.8 Å². The van der Waals surface area contributed by atoms with Crippen molar-refractivity contribution >= 4 is 0 Å². The second-order valence-electron chi connectivity index (χ2n) is 6.18. The van der Waals surface area contributed by atoms with Gasteiger partial charge in [0.1, 0.15) is 0 Å². The summed E-state index contributed by atoms with van der Waals surface area (Å²) in [5, 5.41) is 3.75. The Morgan fingerprint density at radius 3 is 2.71 bits per heavy atom. The third-order valence-electron chi connectivity index (χ3n) is 4.73. The van der Waals surface area contributed by atoms with Gasteiger partial charge < -0.3 is 5.32 Å². The van der Waals surface area contributed by atoms with Crippen LogP contribution in [0.5, 0.6) is 0 Å². The number of rotatable bonds is 4. The lowest BCUT2D eigenvalue weighted by Gasteiger charge is -2.40. The van der Waals surface area contributed by atoms with Gasteiger partial charge in [-0.2, -0.15) is 0 Å². The Kier molecular flexibility index (Phi) is 2.96. The van der Waals surface area contributed by atoms with E-state index in [9.17, 15) is 0 Å². The van der Waals surface area contributed by atoms with E-state index >= 15 is 0 Å². The lowest BCUT2D eigenvalue weighted by atomic mass is 9.73. The van der Waals surface area contributed by atoms with Gasteiger partial charge in [-0.15, -0.1) is 0 Å². The molecule has 2 aliphatic carbocycles. The van der Waals surface area contributed by atoms with E-state index in [4.69, 9.17) is 0 Å². The standard InChI is InChI=1S/C16H23N/c1-11(2)13-8-15(9-13)17-10-14-7-12-5-3-4-6-16(12)14/h3-6,11,13-15,17H,7-10H2,1-2H3. The topological polar surface area (TPSA) is 12.0 Å². The predicted octanol–water partition coefficient (Wildman–Crippen LogP) is 3.35. The maximum absolute atomic E-state index is 3.75. The summed E-state index contributed by atoms with van der Waals surface area (Å²) in [6, 6.07) is 9.69. The number of nitrogens with one attached hydrogen (secondary N) is 1. The van der Waals surface area contributed by atoms with E-state index in [-0.39, 0.29) is 0 Å². The van der Waals surface area contributed by atoms with Crippen molar-refractivity contribution in [1.29, 1.82) is 0 Å². The molecule has 92 valence electrons. The van der Waals surface area contributed by atoms with Crippen molar-refractivity contribution in [3.8, 4) is 0 Å². The first-order valence-corrected chi connectivity index (χ1v) is 7.05. The molecule has 0 radical (unpaired) electrons. The molecular weight excluding hydrogens is 206 g/mol. The minimum atomic E-state index is 0.782. The van der Waals surface area contributed by atoms with Crippen LogP contribution in [0.2, 0.25) is 0 Å². The first kappa shape index (κ1) is 11.3. The first-order chi connectivity index (χ1) is 8.24. The summed E-state index contributed by atoms with van der Waals surface area (Å²) in [7, 11) is 0. The SMILES string of the molecule is CC(C)C1CC(NCC2Cc3ccccc32)C1. The number of hydrogen-bond donors (Lipinski definition) is 1. The van der Waals surface area contributed by atoms with Crippen LogP contribution >= 0.6 is 0 Å². The fourth-order valence-corrected chi connectivity index (χ4v) is 3.23. The summed E-state index contributed by atoms with van der Waals surface area (Å²) < 4.78 is 0. The van der Waals surface area contributed by atoms with Gasteiger partial charge in [0.05, 0.1) is 0 Å². The molecule has 0 aromatic heterocycles. The normalized spacial score (nSPS) is 30.6. The average Bonchev–Trinajstić information content (AvgIpc) is 2.21. The summed E-state index contributed by atoms with van der Waals surface area (Å²) in [6.07, 6.45) is 4.07. The minimum Gasteiger partial charge on any atom is -0.313 e. The maximum Gasteiger partial charge on any atom is 0.00728 e. The van der Waals surface area contributed by atoms with Crippen molar-refractivity contribution in [2.75, 3.05) is 6.54 Å². The minimum absolute atomic E-state index is 0.782. The Labute approximate surface area is 105 Å². The molecule has 1 nitrogen and oxygen atoms in total. The smallest absolute Gasteiger partial charge is 0.00728 e. The van der Waals surface area contributed by atoms with E-state index in [1.165, 1.54) is 25.8 Å². The second-order valence-corrected chi connectivity index (χ2v) is 6.18. The van der Waals surface area contributed by atoms with Crippen LogP contribution in [0.25, 0.3) is 0 Å². The van der Waals surface area contributed by atoms with Crippen LogP contribution in [-0.4, -0.2) is 12.6 Å². The van der Waals surface area contributed by atoms with Crippen LogP contribution in [0.15, 0.2) is 24.3 Å². The van der Waals surface area contributed by atoms with Gasteiger partial charge in [-0.1, -0.05) is 38.1 Å². The summed E-state index contributed by atoms with van der Waals surface area (Å²) >= 11 is 0. The Balaban J connectivity index is 1.43. The molecular formula is C16H23N. The van der Waals surface area contributed by atoms with E-state index in [1.54, 1.807) is 11.1 Å². The molecule has 1 atom stereocenters. The van der Waals surface area contributed by atoms with Gasteiger partial charge in [-0.25, -0.2) is 0 Å². The van der Waals surface area contributed by atoms with Crippen molar-refractivity contribution in [3.05, 3.63) is 35.4 Å². The summed E-state index contributed by atoms with van der Waals surface area (Å²) in [6.45, 7) is 5.89. The van der Waals surface area contributed by atoms with Gasteiger partial charge in [0.15, 0.2) is 0 Å². The van der Waals surface area contributed by atoms with Gasteiger partial charge in [0, 0.05) is 18.5 Å². The molecule has 0 bridgehead atoms. The van der Waals surface area contributed by atoms with Crippen molar-refractivity contribution in [2.45, 2.75) is 45.1 Å². The molecule has 1 N–H and O–H groups in total. The summed E-state index contributed by atoms with van der Waals surface area (Å²) in [5.74, 6) is 2.63. The molecule has 1 saturated carbocycles. The molecule has 1 aromatic rings. The Hall–Kier alpha value is -0.820. The number of benzene rings is 1. The molecule has 0 heterocycles. The highest BCUT2D eigenvalue weighted by molar-refractivity contribution is 5.40. The van der Waals surface area contributed by atoms with Gasteiger partial charge in [0.25, 0.3) is 0 Å². The monoisotopic (exact) mass is 229 g/mol. The zero-order valence-corrected chi connectivity index (χ0v) is 10.9. The van der Waals surface area contributed by atoms with Crippen molar-refractivity contribution in [2.24, 2.45) is 11.8 Å². The lowest BCUT2D eigenvalue weighted by Crippen LogP contribution is -2.45. The molecule has 1 aromatic carbocycles. The van der Waals surface area contributed by atoms with Crippen molar-refractivity contribution < 1.29 is 0 Å². The van der Waals surface area contributed by atoms with E-state index in [1.807, 2.05) is 0 Å². The molecule has 1 fully saturated rings. The lowest BCUT2D eigenvalue weighted by molar-refractivity contribution is 0.166. The molecule has 0 spiro atoms. The molecule has 0 aliphatic heterocycles. The Morgan fingerprint density at radius 1 is 1.24 bits per heavy atom. The molecule has 1 heteroatoms. The van der Waals surface area contributed by atoms with Crippen LogP contribution in [-0.2, 0) is 6.42 Å². The molecule has 1 unspecified atom stereocenters. The van der Waals surface area contributed by atoms with E-state index in [2.05, 4.69) is 43.4 Å². The van der Waals surface area contributed by atoms with Gasteiger partial charge in [0.2, 0.25) is 0 Å². The van der Waals surface area contributed by atoms with Crippen LogP contribution in [0.1, 0.15) is 43.7 Å². The number of hydrogen-bond acceptors (Lipinski definition) is 1. The quantitative estimate of drug-likeness (QED) is 0.835. The zero-order valence-electron chi connectivity index (χ0n) is 10.9. The van der Waals surface area contributed by atoms with E-state index < -0.39 is 0 Å². The molecule has 3 rings (SSSR count). The Bertz CT molecular complexity index is 390. The van der Waals surface area contributed by atoms with Crippen LogP contribution in [0.3, 0.4) is 0 Å². The predicted molar refractivity (Wildman–Crippen MR) is 72.2 cm³/mol. The van der Waals surface area contributed by atoms with Gasteiger partial charge in [-0.05, 0) is 42.2 Å². The van der Waals surface area contributed by atoms with Gasteiger partial charge in [-0.3, -0.25) is 0 Å². The highest BCUT2D eigenvalue weighted by atomic mass is 14.9. The van der Waals surface area contributed by atoms with Crippen LogP contribution < -0.4 is 5.32 Å². The molecule has 0 amide bonds. The molecule has 17 heavy (non-hydrogen) atoms. The zero-order chi connectivity index (χ0) is 11.8. The van der Waals surface area contributed by atoms with Crippen molar-refractivity contribution in [3.63, 3.8) is 0 Å². The largest absolute Gasteiger partial charge is 0.313 e. The Morgan fingerprint density at radius 2 is 2.00 bits per heavy atom. The van der Waals surface area contributed by atoms with E-state index in [0.717, 1.165) is 23.8 Å². The third-order valence-corrected chi connectivity index (χ3v) is 4.73. The highest BCUT2D eigenvalue weighted by Crippen LogP contribution is 2.36. The average molecular weight is 229 g/mol. The fraction of sp³-hybridized carbons (Fsp3) is 0.625. The fourth-order valence-electron chi connectivity index (χ4n) is 3.23. The first-order valence-electron chi connectivity index (χ1n) is 7.05. The highest BCUT2D eigenvalue weighted by Gasteiger charge is 2.32. The number of fused-ring (bicyclic) bond motifs is 1. The maximum atomic E-state index is 3.75. The van der Waals surface area contributed by atoms with E-state index in [0.29, 0.717) is 0 Å². The van der Waals surface area contributed by atoms with Crippen molar-refractivity contribution in [1.82, 2.24) is 5.32 Å². The summed E-state index contributed by atoms with van der Waals surface area (Å²) in [5.41, 5.74) is 3.15. The molecule has 0 saturated heterocycles. The van der Waals surface area contributed by atoms with Crippen LogP contribution in [0.4, 0.5) is 0 Å². The molecule has 2 aliphatic rings.